The Labute approximate surface area is 164 Å². The van der Waals surface area contributed by atoms with Crippen molar-refractivity contribution >= 4 is 11.6 Å². The Bertz CT molecular complexity index is 910. The number of amides is 1. The van der Waals surface area contributed by atoms with Crippen LogP contribution in [0.1, 0.15) is 67.2 Å². The third kappa shape index (κ3) is 2.91. The highest BCUT2D eigenvalue weighted by Gasteiger charge is 2.52. The largest absolute Gasteiger partial charge is 0.507 e. The van der Waals surface area contributed by atoms with E-state index in [-0.39, 0.29) is 17.1 Å². The number of aromatic nitrogens is 2. The summed E-state index contributed by atoms with van der Waals surface area (Å²) in [7, 11) is 0. The molecule has 0 unspecified atom stereocenters. The lowest BCUT2D eigenvalue weighted by Gasteiger charge is -2.56. The van der Waals surface area contributed by atoms with E-state index in [4.69, 9.17) is 0 Å². The van der Waals surface area contributed by atoms with Gasteiger partial charge in [-0.15, -0.1) is 0 Å². The predicted molar refractivity (Wildman–Crippen MR) is 106 cm³/mol. The molecule has 28 heavy (non-hydrogen) atoms. The topological polar surface area (TPSA) is 90.4 Å². The number of benzene rings is 1. The number of nitrogens with one attached hydrogen (secondary N) is 2. The molecule has 3 N–H and O–H groups in total. The molecular formula is C22H26N4O2. The number of carbonyl (C=O) groups excluding carboxylic acids is 1. The number of hydrazone groups is 1. The minimum atomic E-state index is -0.331. The molecule has 4 aliphatic carbocycles. The van der Waals surface area contributed by atoms with Crippen LogP contribution in [0.2, 0.25) is 0 Å². The van der Waals surface area contributed by atoms with Gasteiger partial charge in [0.2, 0.25) is 0 Å². The number of hydrogen-bond acceptors (Lipinski definition) is 4. The number of nitrogens with zero attached hydrogens (tertiary/aromatic N) is 2. The van der Waals surface area contributed by atoms with Gasteiger partial charge in [-0.05, 0) is 81.4 Å². The van der Waals surface area contributed by atoms with Crippen LogP contribution in [-0.4, -0.2) is 26.9 Å². The standard InChI is InChI=1S/C22H26N4O2/c1-13(17-4-2-3-5-19(17)27)23-26-21(28)18-9-20(25-24-18)22-10-14-6-15(11-22)8-16(7-14)12-22/h2-5,9,14-16,27H,6-8,10-12H2,1H3,(H,24,25)(H,26,28)/b23-13+. The second-order valence-corrected chi connectivity index (χ2v) is 9.02. The lowest BCUT2D eigenvalue weighted by Crippen LogP contribution is -2.48. The van der Waals surface area contributed by atoms with Crippen LogP contribution in [0.25, 0.3) is 0 Å². The van der Waals surface area contributed by atoms with Crippen LogP contribution in [0, 0.1) is 17.8 Å². The van der Waals surface area contributed by atoms with E-state index >= 15 is 0 Å². The SMILES string of the molecule is C/C(=N\NC(=O)c1cc(C23CC4CC(CC(C4)C2)C3)[nH]n1)c1ccccc1O. The molecule has 1 heterocycles. The lowest BCUT2D eigenvalue weighted by molar-refractivity contribution is -0.00721. The summed E-state index contributed by atoms with van der Waals surface area (Å²) >= 11 is 0. The summed E-state index contributed by atoms with van der Waals surface area (Å²) in [4.78, 5) is 12.5. The number of phenolic OH excluding ortho intramolecular Hbond substituents is 1. The van der Waals surface area contributed by atoms with Gasteiger partial charge in [0.1, 0.15) is 5.75 Å². The van der Waals surface area contributed by atoms with Gasteiger partial charge in [0, 0.05) is 16.7 Å². The van der Waals surface area contributed by atoms with Crippen molar-refractivity contribution in [2.75, 3.05) is 0 Å². The van der Waals surface area contributed by atoms with Crippen LogP contribution in [0.3, 0.4) is 0 Å². The monoisotopic (exact) mass is 378 g/mol. The highest BCUT2D eigenvalue weighted by Crippen LogP contribution is 2.60. The normalized spacial score (nSPS) is 31.2. The number of aromatic amines is 1. The number of carbonyl (C=O) groups is 1. The van der Waals surface area contributed by atoms with Crippen molar-refractivity contribution in [2.24, 2.45) is 22.9 Å². The third-order valence-electron chi connectivity index (χ3n) is 7.04. The Morgan fingerprint density at radius 2 is 1.82 bits per heavy atom. The van der Waals surface area contributed by atoms with Crippen LogP contribution in [-0.2, 0) is 5.41 Å². The number of rotatable bonds is 4. The van der Waals surface area contributed by atoms with Crippen LogP contribution < -0.4 is 5.43 Å². The molecule has 1 aromatic heterocycles. The summed E-state index contributed by atoms with van der Waals surface area (Å²) in [5.74, 6) is 2.34. The second kappa shape index (κ2) is 6.47. The Morgan fingerprint density at radius 1 is 1.18 bits per heavy atom. The molecule has 0 aliphatic heterocycles. The van der Waals surface area contributed by atoms with Gasteiger partial charge in [0.15, 0.2) is 5.69 Å². The minimum absolute atomic E-state index is 0.141. The van der Waals surface area contributed by atoms with E-state index in [0.717, 1.165) is 23.4 Å². The van der Waals surface area contributed by atoms with Crippen molar-refractivity contribution in [2.45, 2.75) is 50.9 Å². The number of H-pyrrole nitrogens is 1. The van der Waals surface area contributed by atoms with E-state index < -0.39 is 0 Å². The van der Waals surface area contributed by atoms with E-state index in [2.05, 4.69) is 20.7 Å². The molecule has 0 atom stereocenters. The molecule has 0 radical (unpaired) electrons. The second-order valence-electron chi connectivity index (χ2n) is 9.02. The summed E-state index contributed by atoms with van der Waals surface area (Å²) in [5.41, 5.74) is 5.40. The fourth-order valence-electron chi connectivity index (χ4n) is 6.18. The summed E-state index contributed by atoms with van der Waals surface area (Å²) in [6.45, 7) is 1.75. The fraction of sp³-hybridized carbons (Fsp3) is 0.500. The van der Waals surface area contributed by atoms with Crippen molar-refractivity contribution < 1.29 is 9.90 Å². The summed E-state index contributed by atoms with van der Waals surface area (Å²) in [6.07, 6.45) is 7.86. The van der Waals surface area contributed by atoms with E-state index in [1.54, 1.807) is 25.1 Å². The highest BCUT2D eigenvalue weighted by atomic mass is 16.3. The first-order valence-corrected chi connectivity index (χ1v) is 10.2. The van der Waals surface area contributed by atoms with Gasteiger partial charge in [0.05, 0.1) is 5.71 Å². The Kier molecular flexibility index (Phi) is 4.03. The molecule has 2 aromatic rings. The molecule has 4 fully saturated rings. The number of phenols is 1. The summed E-state index contributed by atoms with van der Waals surface area (Å²) in [5, 5.41) is 21.5. The van der Waals surface area contributed by atoms with Crippen LogP contribution in [0.4, 0.5) is 0 Å². The first kappa shape index (κ1) is 17.5. The molecular weight excluding hydrogens is 352 g/mol. The minimum Gasteiger partial charge on any atom is -0.507 e. The van der Waals surface area contributed by atoms with E-state index in [1.807, 2.05) is 12.1 Å². The molecule has 6 nitrogen and oxygen atoms in total. The summed E-state index contributed by atoms with van der Waals surface area (Å²) in [6, 6.07) is 8.86. The van der Waals surface area contributed by atoms with Crippen molar-refractivity contribution in [1.82, 2.24) is 15.6 Å². The molecule has 1 aromatic carbocycles. The number of aromatic hydroxyl groups is 1. The first-order chi connectivity index (χ1) is 13.5. The maximum Gasteiger partial charge on any atom is 0.291 e. The van der Waals surface area contributed by atoms with Crippen molar-refractivity contribution in [3.8, 4) is 5.75 Å². The first-order valence-electron chi connectivity index (χ1n) is 10.2. The molecule has 4 bridgehead atoms. The smallest absolute Gasteiger partial charge is 0.291 e. The average molecular weight is 378 g/mol. The van der Waals surface area contributed by atoms with Gasteiger partial charge < -0.3 is 5.11 Å². The van der Waals surface area contributed by atoms with Gasteiger partial charge in [-0.2, -0.15) is 10.2 Å². The Balaban J connectivity index is 1.32. The zero-order valence-electron chi connectivity index (χ0n) is 16.1. The number of hydrogen-bond donors (Lipinski definition) is 3. The molecule has 0 saturated heterocycles. The number of para-hydroxylation sites is 1. The average Bonchev–Trinajstić information content (AvgIpc) is 3.16. The molecule has 0 spiro atoms. The predicted octanol–water partition coefficient (Wildman–Crippen LogP) is 3.74. The van der Waals surface area contributed by atoms with Crippen LogP contribution in [0.15, 0.2) is 35.4 Å². The van der Waals surface area contributed by atoms with Crippen LogP contribution in [0.5, 0.6) is 5.75 Å². The van der Waals surface area contributed by atoms with Gasteiger partial charge in [-0.3, -0.25) is 9.89 Å². The summed E-state index contributed by atoms with van der Waals surface area (Å²) < 4.78 is 0. The van der Waals surface area contributed by atoms with Gasteiger partial charge in [0.25, 0.3) is 5.91 Å². The highest BCUT2D eigenvalue weighted by molar-refractivity contribution is 6.02. The Hall–Kier alpha value is -2.63. The van der Waals surface area contributed by atoms with E-state index in [9.17, 15) is 9.90 Å². The maximum absolute atomic E-state index is 12.5. The fourth-order valence-corrected chi connectivity index (χ4v) is 6.18. The Morgan fingerprint density at radius 3 is 2.46 bits per heavy atom. The third-order valence-corrected chi connectivity index (χ3v) is 7.04. The maximum atomic E-state index is 12.5. The quantitative estimate of drug-likeness (QED) is 0.559. The molecule has 6 rings (SSSR count). The van der Waals surface area contributed by atoms with Crippen molar-refractivity contribution in [3.63, 3.8) is 0 Å². The lowest BCUT2D eigenvalue weighted by atomic mass is 9.49. The van der Waals surface area contributed by atoms with Crippen molar-refractivity contribution in [1.29, 1.82) is 0 Å². The zero-order chi connectivity index (χ0) is 19.3. The molecule has 146 valence electrons. The molecule has 4 saturated carbocycles. The van der Waals surface area contributed by atoms with Gasteiger partial charge in [-0.1, -0.05) is 12.1 Å². The van der Waals surface area contributed by atoms with Gasteiger partial charge in [-0.25, -0.2) is 5.43 Å². The van der Waals surface area contributed by atoms with Crippen LogP contribution >= 0.6 is 0 Å². The van der Waals surface area contributed by atoms with Gasteiger partial charge >= 0.3 is 0 Å². The van der Waals surface area contributed by atoms with E-state index in [1.165, 1.54) is 38.5 Å². The zero-order valence-corrected chi connectivity index (χ0v) is 16.1. The van der Waals surface area contributed by atoms with Crippen molar-refractivity contribution in [3.05, 3.63) is 47.3 Å². The molecule has 4 aliphatic rings. The molecule has 1 amide bonds. The molecule has 6 heteroatoms. The van der Waals surface area contributed by atoms with E-state index in [0.29, 0.717) is 17.0 Å².